The Kier molecular flexibility index (Phi) is 4.54. The summed E-state index contributed by atoms with van der Waals surface area (Å²) in [6.45, 7) is 1.08. The van der Waals surface area contributed by atoms with Gasteiger partial charge in [-0.2, -0.15) is 0 Å². The van der Waals surface area contributed by atoms with Crippen LogP contribution in [0.4, 0.5) is 0 Å². The van der Waals surface area contributed by atoms with Crippen molar-refractivity contribution in [1.82, 2.24) is 0 Å². The van der Waals surface area contributed by atoms with Crippen molar-refractivity contribution in [2.24, 2.45) is 0 Å². The van der Waals surface area contributed by atoms with E-state index in [1.165, 1.54) is 0 Å². The SMILES string of the molecule is CC(=O)O.O=C1CCCC1. The van der Waals surface area contributed by atoms with Crippen LogP contribution in [0, 0.1) is 0 Å². The summed E-state index contributed by atoms with van der Waals surface area (Å²) in [5.41, 5.74) is 0. The predicted molar refractivity (Wildman–Crippen MR) is 36.8 cm³/mol. The summed E-state index contributed by atoms with van der Waals surface area (Å²) in [7, 11) is 0. The minimum absolute atomic E-state index is 0.454. The third-order valence-corrected chi connectivity index (χ3v) is 1.16. The van der Waals surface area contributed by atoms with Crippen LogP contribution in [-0.4, -0.2) is 16.9 Å². The third kappa shape index (κ3) is 7.14. The fourth-order valence-electron chi connectivity index (χ4n) is 0.769. The van der Waals surface area contributed by atoms with Crippen LogP contribution in [0.25, 0.3) is 0 Å². The molecule has 1 aliphatic carbocycles. The summed E-state index contributed by atoms with van der Waals surface area (Å²) < 4.78 is 0. The smallest absolute Gasteiger partial charge is 0.300 e. The molecule has 0 bridgehead atoms. The number of rotatable bonds is 0. The molecule has 0 saturated heterocycles. The van der Waals surface area contributed by atoms with E-state index < -0.39 is 5.97 Å². The highest BCUT2D eigenvalue weighted by Crippen LogP contribution is 2.11. The van der Waals surface area contributed by atoms with Gasteiger partial charge in [0.2, 0.25) is 0 Å². The normalized spacial score (nSPS) is 15.9. The largest absolute Gasteiger partial charge is 0.481 e. The van der Waals surface area contributed by atoms with Crippen molar-refractivity contribution in [3.05, 3.63) is 0 Å². The number of hydrogen-bond acceptors (Lipinski definition) is 2. The van der Waals surface area contributed by atoms with E-state index in [-0.39, 0.29) is 0 Å². The number of ketones is 1. The lowest BCUT2D eigenvalue weighted by molar-refractivity contribution is -0.134. The van der Waals surface area contributed by atoms with Crippen molar-refractivity contribution in [3.63, 3.8) is 0 Å². The zero-order valence-corrected chi connectivity index (χ0v) is 6.09. The van der Waals surface area contributed by atoms with E-state index in [9.17, 15) is 4.79 Å². The van der Waals surface area contributed by atoms with E-state index in [1.807, 2.05) is 0 Å². The summed E-state index contributed by atoms with van der Waals surface area (Å²) in [4.78, 5) is 19.2. The molecule has 10 heavy (non-hydrogen) atoms. The molecule has 0 atom stereocenters. The number of carbonyl (C=O) groups excluding carboxylic acids is 1. The fraction of sp³-hybridized carbons (Fsp3) is 0.714. The molecule has 3 heteroatoms. The Bertz CT molecular complexity index is 117. The molecule has 1 rings (SSSR count). The van der Waals surface area contributed by atoms with E-state index in [1.54, 1.807) is 0 Å². The Morgan fingerprint density at radius 3 is 1.80 bits per heavy atom. The third-order valence-electron chi connectivity index (χ3n) is 1.16. The van der Waals surface area contributed by atoms with Gasteiger partial charge in [0.15, 0.2) is 0 Å². The van der Waals surface area contributed by atoms with Gasteiger partial charge in [-0.15, -0.1) is 0 Å². The average Bonchev–Trinajstić information content (AvgIpc) is 2.15. The molecule has 1 aliphatic rings. The number of carboxylic acids is 1. The molecule has 0 amide bonds. The van der Waals surface area contributed by atoms with Gasteiger partial charge in [-0.1, -0.05) is 0 Å². The van der Waals surface area contributed by atoms with Gasteiger partial charge in [0.25, 0.3) is 5.97 Å². The standard InChI is InChI=1S/C5H8O.C2H4O2/c6-5-3-1-2-4-5;1-2(3)4/h1-4H2;1H3,(H,3,4). The zero-order chi connectivity index (χ0) is 7.98. The highest BCUT2D eigenvalue weighted by atomic mass is 16.4. The van der Waals surface area contributed by atoms with Crippen molar-refractivity contribution < 1.29 is 14.7 Å². The Morgan fingerprint density at radius 2 is 1.70 bits per heavy atom. The van der Waals surface area contributed by atoms with E-state index in [4.69, 9.17) is 9.90 Å². The molecule has 0 aliphatic heterocycles. The van der Waals surface area contributed by atoms with Crippen LogP contribution < -0.4 is 0 Å². The maximum atomic E-state index is 10.2. The van der Waals surface area contributed by atoms with Crippen LogP contribution >= 0.6 is 0 Å². The molecule has 0 aromatic carbocycles. The molecule has 0 heterocycles. The summed E-state index contributed by atoms with van der Waals surface area (Å²) in [5, 5.41) is 7.42. The van der Waals surface area contributed by atoms with E-state index >= 15 is 0 Å². The monoisotopic (exact) mass is 144 g/mol. The second kappa shape index (κ2) is 4.97. The minimum atomic E-state index is -0.833. The number of hydrogen-bond donors (Lipinski definition) is 1. The first-order valence-electron chi connectivity index (χ1n) is 3.34. The van der Waals surface area contributed by atoms with Gasteiger partial charge in [0, 0.05) is 19.8 Å². The Balaban J connectivity index is 0.000000180. The van der Waals surface area contributed by atoms with Crippen LogP contribution in [0.2, 0.25) is 0 Å². The Labute approximate surface area is 60.0 Å². The lowest BCUT2D eigenvalue weighted by Gasteiger charge is -1.71. The van der Waals surface area contributed by atoms with Gasteiger partial charge in [-0.05, 0) is 12.8 Å². The molecule has 0 aromatic rings. The summed E-state index contributed by atoms with van der Waals surface area (Å²) in [6, 6.07) is 0. The van der Waals surface area contributed by atoms with Gasteiger partial charge in [-0.25, -0.2) is 0 Å². The van der Waals surface area contributed by atoms with Gasteiger partial charge in [-0.3, -0.25) is 9.59 Å². The number of carboxylic acid groups (broad SMARTS) is 1. The number of aliphatic carboxylic acids is 1. The molecule has 1 saturated carbocycles. The molecular weight excluding hydrogens is 132 g/mol. The van der Waals surface area contributed by atoms with E-state index in [2.05, 4.69) is 0 Å². The van der Waals surface area contributed by atoms with Gasteiger partial charge >= 0.3 is 0 Å². The quantitative estimate of drug-likeness (QED) is 0.556. The highest BCUT2D eigenvalue weighted by Gasteiger charge is 2.07. The Morgan fingerprint density at radius 1 is 1.40 bits per heavy atom. The summed E-state index contributed by atoms with van der Waals surface area (Å²) in [5.74, 6) is -0.380. The van der Waals surface area contributed by atoms with E-state index in [0.29, 0.717) is 5.78 Å². The van der Waals surface area contributed by atoms with Crippen LogP contribution in [0.1, 0.15) is 32.6 Å². The zero-order valence-electron chi connectivity index (χ0n) is 6.09. The van der Waals surface area contributed by atoms with Crippen molar-refractivity contribution in [3.8, 4) is 0 Å². The fourth-order valence-corrected chi connectivity index (χ4v) is 0.769. The molecule has 0 aromatic heterocycles. The maximum absolute atomic E-state index is 10.2. The van der Waals surface area contributed by atoms with Crippen molar-refractivity contribution in [2.45, 2.75) is 32.6 Å². The second-order valence-corrected chi connectivity index (χ2v) is 2.26. The van der Waals surface area contributed by atoms with Crippen molar-refractivity contribution >= 4 is 11.8 Å². The first kappa shape index (κ1) is 9.14. The highest BCUT2D eigenvalue weighted by molar-refractivity contribution is 5.80. The summed E-state index contributed by atoms with van der Waals surface area (Å²) in [6.07, 6.45) is 3.97. The lowest BCUT2D eigenvalue weighted by Crippen LogP contribution is -1.81. The van der Waals surface area contributed by atoms with Crippen LogP contribution in [-0.2, 0) is 9.59 Å². The molecule has 0 spiro atoms. The first-order chi connectivity index (χ1) is 4.63. The second-order valence-electron chi connectivity index (χ2n) is 2.26. The molecule has 58 valence electrons. The van der Waals surface area contributed by atoms with Crippen LogP contribution in [0.15, 0.2) is 0 Å². The number of carbonyl (C=O) groups is 2. The molecular formula is C7H12O3. The molecule has 0 radical (unpaired) electrons. The lowest BCUT2D eigenvalue weighted by atomic mass is 10.4. The van der Waals surface area contributed by atoms with Crippen LogP contribution in [0.5, 0.6) is 0 Å². The summed E-state index contributed by atoms with van der Waals surface area (Å²) >= 11 is 0. The average molecular weight is 144 g/mol. The first-order valence-corrected chi connectivity index (χ1v) is 3.34. The Hall–Kier alpha value is -0.860. The minimum Gasteiger partial charge on any atom is -0.481 e. The van der Waals surface area contributed by atoms with Crippen molar-refractivity contribution in [1.29, 1.82) is 0 Å². The number of Topliss-reactive ketones (excluding diaryl/α,β-unsaturated/α-hetero) is 1. The van der Waals surface area contributed by atoms with E-state index in [0.717, 1.165) is 32.6 Å². The predicted octanol–water partition coefficient (Wildman–Crippen LogP) is 1.22. The molecule has 1 N–H and O–H groups in total. The molecule has 0 unspecified atom stereocenters. The van der Waals surface area contributed by atoms with Crippen molar-refractivity contribution in [2.75, 3.05) is 0 Å². The molecule has 3 nitrogen and oxygen atoms in total. The van der Waals surface area contributed by atoms with Crippen LogP contribution in [0.3, 0.4) is 0 Å². The van der Waals surface area contributed by atoms with Gasteiger partial charge < -0.3 is 5.11 Å². The van der Waals surface area contributed by atoms with Gasteiger partial charge in [0.05, 0.1) is 0 Å². The topological polar surface area (TPSA) is 54.4 Å². The maximum Gasteiger partial charge on any atom is 0.300 e. The van der Waals surface area contributed by atoms with Gasteiger partial charge in [0.1, 0.15) is 5.78 Å². The molecule has 1 fully saturated rings.